The van der Waals surface area contributed by atoms with Crippen molar-refractivity contribution in [2.75, 3.05) is 0 Å². The zero-order valence-corrected chi connectivity index (χ0v) is 8.59. The molecule has 0 aromatic rings. The number of rotatable bonds is 5. The molecule has 1 saturated carbocycles. The molecule has 13 heavy (non-hydrogen) atoms. The average molecular weight is 180 g/mol. The van der Waals surface area contributed by atoms with E-state index in [1.807, 2.05) is 6.08 Å². The monoisotopic (exact) mass is 180 g/mol. The summed E-state index contributed by atoms with van der Waals surface area (Å²) in [6.07, 6.45) is 8.47. The topological polar surface area (TPSA) is 17.1 Å². The second-order valence-electron chi connectivity index (χ2n) is 4.04. The lowest BCUT2D eigenvalue weighted by molar-refractivity contribution is -0.121. The van der Waals surface area contributed by atoms with Crippen molar-refractivity contribution >= 4 is 5.78 Å². The fourth-order valence-electron chi connectivity index (χ4n) is 2.29. The summed E-state index contributed by atoms with van der Waals surface area (Å²) < 4.78 is 0. The number of Topliss-reactive ketones (excluding diaryl/α,β-unsaturated/α-hetero) is 1. The molecule has 1 aliphatic carbocycles. The van der Waals surface area contributed by atoms with Crippen molar-refractivity contribution in [2.45, 2.75) is 45.4 Å². The molecule has 1 fully saturated rings. The Morgan fingerprint density at radius 1 is 1.62 bits per heavy atom. The molecule has 0 saturated heterocycles. The standard InChI is InChI=1S/C12H20O/c1-3-5-7-10-8-9-12(13)11(10)6-4-2/h4,10-11H,2-3,5-9H2,1H3/t10-,11-/m1/s1. The molecule has 1 heteroatoms. The largest absolute Gasteiger partial charge is 0.299 e. The molecule has 0 N–H and O–H groups in total. The van der Waals surface area contributed by atoms with E-state index in [2.05, 4.69) is 13.5 Å². The fraction of sp³-hybridized carbons (Fsp3) is 0.750. The van der Waals surface area contributed by atoms with Crippen LogP contribution >= 0.6 is 0 Å². The SMILES string of the molecule is C=CC[C@H]1C(=O)CC[C@H]1CCCC. The highest BCUT2D eigenvalue weighted by molar-refractivity contribution is 5.83. The van der Waals surface area contributed by atoms with Crippen molar-refractivity contribution in [3.8, 4) is 0 Å². The lowest BCUT2D eigenvalue weighted by atomic mass is 9.88. The fourth-order valence-corrected chi connectivity index (χ4v) is 2.29. The van der Waals surface area contributed by atoms with Crippen molar-refractivity contribution < 1.29 is 4.79 Å². The summed E-state index contributed by atoms with van der Waals surface area (Å²) in [7, 11) is 0. The summed E-state index contributed by atoms with van der Waals surface area (Å²) >= 11 is 0. The minimum atomic E-state index is 0.309. The maximum absolute atomic E-state index is 11.5. The van der Waals surface area contributed by atoms with E-state index in [-0.39, 0.29) is 0 Å². The van der Waals surface area contributed by atoms with Gasteiger partial charge in [-0.15, -0.1) is 6.58 Å². The van der Waals surface area contributed by atoms with Crippen molar-refractivity contribution in [1.82, 2.24) is 0 Å². The molecule has 0 amide bonds. The van der Waals surface area contributed by atoms with Gasteiger partial charge < -0.3 is 0 Å². The van der Waals surface area contributed by atoms with Crippen LogP contribution in [-0.2, 0) is 4.79 Å². The second kappa shape index (κ2) is 5.21. The van der Waals surface area contributed by atoms with E-state index in [9.17, 15) is 4.79 Å². The van der Waals surface area contributed by atoms with Crippen molar-refractivity contribution in [3.63, 3.8) is 0 Å². The van der Waals surface area contributed by atoms with Crippen LogP contribution in [-0.4, -0.2) is 5.78 Å². The van der Waals surface area contributed by atoms with Gasteiger partial charge in [-0.25, -0.2) is 0 Å². The minimum absolute atomic E-state index is 0.309. The molecular weight excluding hydrogens is 160 g/mol. The summed E-state index contributed by atoms with van der Waals surface area (Å²) in [6, 6.07) is 0. The number of hydrogen-bond acceptors (Lipinski definition) is 1. The lowest BCUT2D eigenvalue weighted by Crippen LogP contribution is -2.13. The van der Waals surface area contributed by atoms with Crippen LogP contribution in [0.25, 0.3) is 0 Å². The van der Waals surface area contributed by atoms with Crippen LogP contribution in [0.1, 0.15) is 45.4 Å². The zero-order chi connectivity index (χ0) is 9.68. The minimum Gasteiger partial charge on any atom is -0.299 e. The number of unbranched alkanes of at least 4 members (excludes halogenated alkanes) is 1. The van der Waals surface area contributed by atoms with E-state index in [0.29, 0.717) is 17.6 Å². The van der Waals surface area contributed by atoms with Crippen molar-refractivity contribution in [1.29, 1.82) is 0 Å². The first-order valence-corrected chi connectivity index (χ1v) is 5.43. The van der Waals surface area contributed by atoms with Crippen LogP contribution in [0.4, 0.5) is 0 Å². The lowest BCUT2D eigenvalue weighted by Gasteiger charge is -2.15. The van der Waals surface area contributed by atoms with Gasteiger partial charge in [-0.05, 0) is 25.2 Å². The van der Waals surface area contributed by atoms with Crippen LogP contribution in [0.3, 0.4) is 0 Å². The van der Waals surface area contributed by atoms with Gasteiger partial charge in [0.25, 0.3) is 0 Å². The predicted octanol–water partition coefficient (Wildman–Crippen LogP) is 3.35. The van der Waals surface area contributed by atoms with Gasteiger partial charge in [-0.1, -0.05) is 25.8 Å². The third-order valence-corrected chi connectivity index (χ3v) is 3.09. The van der Waals surface area contributed by atoms with E-state index < -0.39 is 0 Å². The number of carbonyl (C=O) groups excluding carboxylic acids is 1. The van der Waals surface area contributed by atoms with Crippen LogP contribution in [0, 0.1) is 11.8 Å². The summed E-state index contributed by atoms with van der Waals surface area (Å²) in [5.41, 5.74) is 0. The molecule has 1 rings (SSSR count). The molecule has 0 radical (unpaired) electrons. The van der Waals surface area contributed by atoms with Gasteiger partial charge in [-0.3, -0.25) is 4.79 Å². The third kappa shape index (κ3) is 2.68. The van der Waals surface area contributed by atoms with Crippen molar-refractivity contribution in [3.05, 3.63) is 12.7 Å². The Kier molecular flexibility index (Phi) is 4.20. The Labute approximate surface area is 81.2 Å². The van der Waals surface area contributed by atoms with Gasteiger partial charge in [0.15, 0.2) is 0 Å². The van der Waals surface area contributed by atoms with Crippen LogP contribution in [0.5, 0.6) is 0 Å². The highest BCUT2D eigenvalue weighted by Crippen LogP contribution is 2.34. The van der Waals surface area contributed by atoms with Crippen LogP contribution in [0.2, 0.25) is 0 Å². The maximum Gasteiger partial charge on any atom is 0.136 e. The summed E-state index contributed by atoms with van der Waals surface area (Å²) in [5, 5.41) is 0. The normalized spacial score (nSPS) is 27.9. The van der Waals surface area contributed by atoms with E-state index in [1.54, 1.807) is 0 Å². The highest BCUT2D eigenvalue weighted by Gasteiger charge is 2.32. The zero-order valence-electron chi connectivity index (χ0n) is 8.59. The molecule has 74 valence electrons. The highest BCUT2D eigenvalue weighted by atomic mass is 16.1. The van der Waals surface area contributed by atoms with Gasteiger partial charge >= 0.3 is 0 Å². The molecular formula is C12H20O. The molecule has 0 spiro atoms. The molecule has 0 bridgehead atoms. The Morgan fingerprint density at radius 2 is 2.38 bits per heavy atom. The maximum atomic E-state index is 11.5. The van der Waals surface area contributed by atoms with Crippen molar-refractivity contribution in [2.24, 2.45) is 11.8 Å². The number of hydrogen-bond donors (Lipinski definition) is 0. The Balaban J connectivity index is 2.43. The first kappa shape index (κ1) is 10.5. The summed E-state index contributed by atoms with van der Waals surface area (Å²) in [6.45, 7) is 5.93. The van der Waals surface area contributed by atoms with Gasteiger partial charge in [0.2, 0.25) is 0 Å². The molecule has 0 aromatic carbocycles. The molecule has 1 nitrogen and oxygen atoms in total. The molecule has 2 atom stereocenters. The smallest absolute Gasteiger partial charge is 0.136 e. The first-order chi connectivity index (χ1) is 6.29. The van der Waals surface area contributed by atoms with Gasteiger partial charge in [-0.2, -0.15) is 0 Å². The molecule has 0 heterocycles. The van der Waals surface area contributed by atoms with E-state index in [0.717, 1.165) is 19.3 Å². The molecule has 0 aromatic heterocycles. The van der Waals surface area contributed by atoms with Gasteiger partial charge in [0.1, 0.15) is 5.78 Å². The van der Waals surface area contributed by atoms with E-state index >= 15 is 0 Å². The third-order valence-electron chi connectivity index (χ3n) is 3.09. The van der Waals surface area contributed by atoms with E-state index in [1.165, 1.54) is 19.3 Å². The predicted molar refractivity (Wildman–Crippen MR) is 55.6 cm³/mol. The Hall–Kier alpha value is -0.590. The number of carbonyl (C=O) groups is 1. The van der Waals surface area contributed by atoms with Gasteiger partial charge in [0, 0.05) is 12.3 Å². The average Bonchev–Trinajstić information content (AvgIpc) is 2.46. The summed E-state index contributed by atoms with van der Waals surface area (Å²) in [5.74, 6) is 1.44. The Bertz CT molecular complexity index is 184. The molecule has 1 aliphatic rings. The van der Waals surface area contributed by atoms with Gasteiger partial charge in [0.05, 0.1) is 0 Å². The number of ketones is 1. The molecule has 0 unspecified atom stereocenters. The second-order valence-corrected chi connectivity index (χ2v) is 4.04. The molecule has 0 aliphatic heterocycles. The quantitative estimate of drug-likeness (QED) is 0.593. The number of allylic oxidation sites excluding steroid dienone is 1. The van der Waals surface area contributed by atoms with Crippen LogP contribution in [0.15, 0.2) is 12.7 Å². The van der Waals surface area contributed by atoms with E-state index in [4.69, 9.17) is 0 Å². The Morgan fingerprint density at radius 3 is 3.00 bits per heavy atom. The van der Waals surface area contributed by atoms with Crippen LogP contribution < -0.4 is 0 Å². The first-order valence-electron chi connectivity index (χ1n) is 5.43. The summed E-state index contributed by atoms with van der Waals surface area (Å²) in [4.78, 5) is 11.5.